The van der Waals surface area contributed by atoms with Crippen molar-refractivity contribution in [2.75, 3.05) is 26.2 Å². The van der Waals surface area contributed by atoms with Crippen LogP contribution < -0.4 is 19.1 Å². The number of hydrogen-bond donors (Lipinski definition) is 0. The number of rotatable bonds is 8. The van der Waals surface area contributed by atoms with Gasteiger partial charge in [-0.05, 0) is 48.4 Å². The molecule has 0 N–H and O–H groups in total. The number of methoxy groups -OCH3 is 3. The summed E-state index contributed by atoms with van der Waals surface area (Å²) in [5.74, 6) is 0.778. The predicted molar refractivity (Wildman–Crippen MR) is 137 cm³/mol. The highest BCUT2D eigenvalue weighted by molar-refractivity contribution is 6.23. The summed E-state index contributed by atoms with van der Waals surface area (Å²) in [7, 11) is 4.36. The lowest BCUT2D eigenvalue weighted by atomic mass is 10.0. The van der Waals surface area contributed by atoms with Gasteiger partial charge in [-0.2, -0.15) is 0 Å². The maximum absolute atomic E-state index is 13.5. The molecule has 0 spiro atoms. The van der Waals surface area contributed by atoms with Crippen LogP contribution in [0.1, 0.15) is 18.1 Å². The summed E-state index contributed by atoms with van der Waals surface area (Å²) in [6.07, 6.45) is 1.68. The van der Waals surface area contributed by atoms with Gasteiger partial charge in [-0.3, -0.25) is 9.69 Å². The van der Waals surface area contributed by atoms with Gasteiger partial charge in [0.25, 0.3) is 5.91 Å². The maximum atomic E-state index is 13.5. The zero-order valence-corrected chi connectivity index (χ0v) is 20.6. The van der Waals surface area contributed by atoms with E-state index in [1.807, 2.05) is 54.6 Å². The highest BCUT2D eigenvalue weighted by Crippen LogP contribution is 2.39. The highest BCUT2D eigenvalue weighted by Gasteiger charge is 2.38. The molecule has 0 saturated heterocycles. The number of amides is 1. The highest BCUT2D eigenvalue weighted by atomic mass is 16.5. The van der Waals surface area contributed by atoms with Crippen LogP contribution in [0.2, 0.25) is 0 Å². The molecule has 1 heterocycles. The van der Waals surface area contributed by atoms with Crippen molar-refractivity contribution in [3.05, 3.63) is 101 Å². The van der Waals surface area contributed by atoms with E-state index in [0.29, 0.717) is 35.2 Å². The number of nitrogens with zero attached hydrogens (tertiary/aromatic N) is 1. The quantitative estimate of drug-likeness (QED) is 0.324. The van der Waals surface area contributed by atoms with Crippen molar-refractivity contribution < 1.29 is 28.5 Å². The number of benzene rings is 3. The number of carbonyl (C=O) groups is 2. The van der Waals surface area contributed by atoms with Gasteiger partial charge in [0.15, 0.2) is 11.5 Å². The molecule has 0 fully saturated rings. The van der Waals surface area contributed by atoms with Crippen molar-refractivity contribution in [3.63, 3.8) is 0 Å². The van der Waals surface area contributed by atoms with Crippen LogP contribution in [0.4, 0.5) is 5.69 Å². The molecule has 7 nitrogen and oxygen atoms in total. The van der Waals surface area contributed by atoms with Crippen molar-refractivity contribution in [2.45, 2.75) is 13.5 Å². The normalized spacial score (nSPS) is 14.3. The van der Waals surface area contributed by atoms with Crippen molar-refractivity contribution in [1.29, 1.82) is 0 Å². The molecule has 7 heteroatoms. The third-order valence-electron chi connectivity index (χ3n) is 5.85. The summed E-state index contributed by atoms with van der Waals surface area (Å²) in [5.41, 5.74) is 3.28. The molecular formula is C29H27NO6. The van der Waals surface area contributed by atoms with E-state index in [0.717, 1.165) is 11.1 Å². The monoisotopic (exact) mass is 485 g/mol. The van der Waals surface area contributed by atoms with E-state index < -0.39 is 5.97 Å². The van der Waals surface area contributed by atoms with Crippen molar-refractivity contribution in [1.82, 2.24) is 0 Å². The fourth-order valence-electron chi connectivity index (χ4n) is 4.02. The molecule has 0 bridgehead atoms. The smallest absolute Gasteiger partial charge is 0.340 e. The third-order valence-corrected chi connectivity index (χ3v) is 5.85. The first-order valence-corrected chi connectivity index (χ1v) is 11.3. The van der Waals surface area contributed by atoms with Crippen molar-refractivity contribution in [2.24, 2.45) is 0 Å². The number of anilines is 1. The van der Waals surface area contributed by atoms with E-state index >= 15 is 0 Å². The third kappa shape index (κ3) is 4.95. The zero-order chi connectivity index (χ0) is 25.7. The second kappa shape index (κ2) is 10.8. The second-order valence-corrected chi connectivity index (χ2v) is 8.03. The molecule has 0 aromatic heterocycles. The fourth-order valence-corrected chi connectivity index (χ4v) is 4.02. The van der Waals surface area contributed by atoms with Gasteiger partial charge in [-0.25, -0.2) is 4.79 Å². The first-order valence-electron chi connectivity index (χ1n) is 11.3. The van der Waals surface area contributed by atoms with Crippen molar-refractivity contribution in [3.8, 4) is 17.2 Å². The Morgan fingerprint density at radius 2 is 1.58 bits per heavy atom. The molecule has 0 atom stereocenters. The van der Waals surface area contributed by atoms with E-state index in [1.54, 1.807) is 31.2 Å². The van der Waals surface area contributed by atoms with Gasteiger partial charge >= 0.3 is 5.97 Å². The van der Waals surface area contributed by atoms with Crippen molar-refractivity contribution >= 4 is 23.6 Å². The van der Waals surface area contributed by atoms with Gasteiger partial charge in [0.2, 0.25) is 0 Å². The van der Waals surface area contributed by atoms with E-state index in [2.05, 4.69) is 0 Å². The SMILES string of the molecule is COC(=O)C1=C(C)N(c2ccc(OC)c(OC)c2)C(=O)/C1=C\c1ccc(OCc2ccccc2)cc1. The molecule has 1 aliphatic rings. The molecule has 0 saturated carbocycles. The number of carbonyl (C=O) groups excluding carboxylic acids is 2. The lowest BCUT2D eigenvalue weighted by molar-refractivity contribution is -0.136. The van der Waals surface area contributed by atoms with Crippen LogP contribution in [0.3, 0.4) is 0 Å². The fraction of sp³-hybridized carbons (Fsp3) is 0.172. The molecule has 0 radical (unpaired) electrons. The maximum Gasteiger partial charge on any atom is 0.340 e. The molecule has 184 valence electrons. The number of ether oxygens (including phenoxy) is 4. The van der Waals surface area contributed by atoms with E-state index in [1.165, 1.54) is 26.2 Å². The summed E-state index contributed by atoms with van der Waals surface area (Å²) < 4.78 is 21.5. The van der Waals surface area contributed by atoms with Gasteiger partial charge in [0, 0.05) is 11.8 Å². The van der Waals surface area contributed by atoms with Crippen LogP contribution in [-0.2, 0) is 20.9 Å². The van der Waals surface area contributed by atoms with Crippen LogP contribution >= 0.6 is 0 Å². The van der Waals surface area contributed by atoms with Crippen LogP contribution in [-0.4, -0.2) is 33.2 Å². The Labute approximate surface area is 210 Å². The molecule has 36 heavy (non-hydrogen) atoms. The van der Waals surface area contributed by atoms with Crippen LogP contribution in [0.5, 0.6) is 17.2 Å². The first-order chi connectivity index (χ1) is 17.5. The largest absolute Gasteiger partial charge is 0.493 e. The van der Waals surface area contributed by atoms with Gasteiger partial charge in [-0.15, -0.1) is 0 Å². The molecule has 1 amide bonds. The summed E-state index contributed by atoms with van der Waals surface area (Å²) in [6, 6.07) is 22.4. The Hall–Kier alpha value is -4.52. The number of allylic oxidation sites excluding steroid dienone is 1. The Morgan fingerprint density at radius 3 is 2.22 bits per heavy atom. The van der Waals surface area contributed by atoms with Gasteiger partial charge < -0.3 is 18.9 Å². The molecule has 3 aromatic carbocycles. The van der Waals surface area contributed by atoms with Gasteiger partial charge in [0.05, 0.1) is 38.2 Å². The average Bonchev–Trinajstić information content (AvgIpc) is 3.16. The zero-order valence-electron chi connectivity index (χ0n) is 20.6. The molecule has 3 aromatic rings. The molecular weight excluding hydrogens is 458 g/mol. The van der Waals surface area contributed by atoms with E-state index in [4.69, 9.17) is 18.9 Å². The van der Waals surface area contributed by atoms with Gasteiger partial charge in [-0.1, -0.05) is 42.5 Å². The average molecular weight is 486 g/mol. The lowest BCUT2D eigenvalue weighted by Crippen LogP contribution is -2.24. The van der Waals surface area contributed by atoms with Crippen LogP contribution in [0.15, 0.2) is 89.6 Å². The summed E-state index contributed by atoms with van der Waals surface area (Å²) in [6.45, 7) is 2.16. The van der Waals surface area contributed by atoms with E-state index in [9.17, 15) is 9.59 Å². The minimum absolute atomic E-state index is 0.210. The number of esters is 1. The molecule has 0 aliphatic carbocycles. The number of hydrogen-bond acceptors (Lipinski definition) is 6. The topological polar surface area (TPSA) is 74.3 Å². The van der Waals surface area contributed by atoms with Gasteiger partial charge in [0.1, 0.15) is 12.4 Å². The molecule has 1 aliphatic heterocycles. The summed E-state index contributed by atoms with van der Waals surface area (Å²) >= 11 is 0. The Morgan fingerprint density at radius 1 is 0.889 bits per heavy atom. The van der Waals surface area contributed by atoms with Crippen LogP contribution in [0.25, 0.3) is 6.08 Å². The lowest BCUT2D eigenvalue weighted by Gasteiger charge is -2.19. The Bertz CT molecular complexity index is 1330. The molecule has 0 unspecified atom stereocenters. The molecule has 4 rings (SSSR count). The van der Waals surface area contributed by atoms with E-state index in [-0.39, 0.29) is 17.1 Å². The predicted octanol–water partition coefficient (Wildman–Crippen LogP) is 5.16. The minimum atomic E-state index is -0.585. The Balaban J connectivity index is 1.63. The minimum Gasteiger partial charge on any atom is -0.493 e. The standard InChI is InChI=1S/C29H27NO6/c1-19-27(29(32)35-4)24(28(31)30(19)22-12-15-25(33-2)26(17-22)34-3)16-20-10-13-23(14-11-20)36-18-21-8-6-5-7-9-21/h5-17H,18H2,1-4H3/b24-16-. The second-order valence-electron chi connectivity index (χ2n) is 8.03. The first kappa shape index (κ1) is 24.6. The summed E-state index contributed by atoms with van der Waals surface area (Å²) in [4.78, 5) is 27.7. The summed E-state index contributed by atoms with van der Waals surface area (Å²) in [5, 5.41) is 0. The Kier molecular flexibility index (Phi) is 7.39. The van der Waals surface area contributed by atoms with Crippen LogP contribution in [0, 0.1) is 0 Å².